The number of amides is 1. The zero-order chi connectivity index (χ0) is 21.3. The van der Waals surface area contributed by atoms with Crippen molar-refractivity contribution in [2.75, 3.05) is 13.7 Å². The number of methoxy groups -OCH3 is 1. The third-order valence-corrected chi connectivity index (χ3v) is 4.96. The van der Waals surface area contributed by atoms with Crippen LogP contribution in [-0.2, 0) is 17.8 Å². The quantitative estimate of drug-likeness (QED) is 0.646. The Morgan fingerprint density at radius 1 is 1.00 bits per heavy atom. The minimum Gasteiger partial charge on any atom is -0.497 e. The predicted octanol–water partition coefficient (Wildman–Crippen LogP) is 4.37. The van der Waals surface area contributed by atoms with Crippen molar-refractivity contribution in [3.05, 3.63) is 54.5 Å². The van der Waals surface area contributed by atoms with Gasteiger partial charge in [0.1, 0.15) is 17.0 Å². The third kappa shape index (κ3) is 4.01. The van der Waals surface area contributed by atoms with Gasteiger partial charge in [-0.3, -0.25) is 9.67 Å². The van der Waals surface area contributed by atoms with E-state index in [-0.39, 0.29) is 6.09 Å². The van der Waals surface area contributed by atoms with Gasteiger partial charge in [0.05, 0.1) is 25.9 Å². The van der Waals surface area contributed by atoms with E-state index < -0.39 is 5.60 Å². The van der Waals surface area contributed by atoms with E-state index in [2.05, 4.69) is 4.98 Å². The first kappa shape index (κ1) is 19.9. The Balaban J connectivity index is 1.76. The molecule has 3 heterocycles. The first-order valence-corrected chi connectivity index (χ1v) is 9.98. The minimum atomic E-state index is -0.531. The van der Waals surface area contributed by atoms with Gasteiger partial charge in [-0.15, -0.1) is 0 Å². The van der Waals surface area contributed by atoms with Gasteiger partial charge in [-0.2, -0.15) is 5.10 Å². The molecule has 0 spiro atoms. The summed E-state index contributed by atoms with van der Waals surface area (Å²) in [5.74, 6) is 0.796. The maximum atomic E-state index is 12.7. The van der Waals surface area contributed by atoms with Crippen molar-refractivity contribution in [1.29, 1.82) is 0 Å². The molecule has 4 rings (SSSR count). The highest BCUT2D eigenvalue weighted by atomic mass is 16.6. The maximum Gasteiger partial charge on any atom is 0.410 e. The van der Waals surface area contributed by atoms with E-state index in [9.17, 15) is 4.79 Å². The second-order valence-corrected chi connectivity index (χ2v) is 8.26. The van der Waals surface area contributed by atoms with Gasteiger partial charge in [-0.05, 0) is 62.7 Å². The number of hydrogen-bond donors (Lipinski definition) is 0. The molecule has 0 atom stereocenters. The van der Waals surface area contributed by atoms with Crippen molar-refractivity contribution in [2.45, 2.75) is 39.5 Å². The molecule has 0 unspecified atom stereocenters. The number of nitrogens with zero attached hydrogens (tertiary/aromatic N) is 4. The third-order valence-electron chi connectivity index (χ3n) is 4.96. The standard InChI is InChI=1S/C23H26N4O3/c1-23(2,3)30-22(28)26-13-14-27-19(15-26)20(16-9-11-24-12-10-16)21(25-27)17-5-7-18(29-4)8-6-17/h5-12H,13-15H2,1-4H3. The van der Waals surface area contributed by atoms with Crippen LogP contribution in [0.25, 0.3) is 22.4 Å². The lowest BCUT2D eigenvalue weighted by Gasteiger charge is -2.30. The smallest absolute Gasteiger partial charge is 0.410 e. The number of rotatable bonds is 3. The first-order chi connectivity index (χ1) is 14.4. The van der Waals surface area contributed by atoms with Crippen LogP contribution in [0.5, 0.6) is 5.75 Å². The van der Waals surface area contributed by atoms with Gasteiger partial charge in [0.2, 0.25) is 0 Å². The lowest BCUT2D eigenvalue weighted by Crippen LogP contribution is -2.41. The van der Waals surface area contributed by atoms with Crippen molar-refractivity contribution < 1.29 is 14.3 Å². The van der Waals surface area contributed by atoms with Crippen LogP contribution in [0.15, 0.2) is 48.8 Å². The Hall–Kier alpha value is -3.35. The summed E-state index contributed by atoms with van der Waals surface area (Å²) in [7, 11) is 1.65. The highest BCUT2D eigenvalue weighted by Gasteiger charge is 2.30. The van der Waals surface area contributed by atoms with E-state index >= 15 is 0 Å². The molecular formula is C23H26N4O3. The molecule has 30 heavy (non-hydrogen) atoms. The summed E-state index contributed by atoms with van der Waals surface area (Å²) >= 11 is 0. The van der Waals surface area contributed by atoms with E-state index in [1.807, 2.05) is 61.9 Å². The predicted molar refractivity (Wildman–Crippen MR) is 114 cm³/mol. The van der Waals surface area contributed by atoms with E-state index in [4.69, 9.17) is 14.6 Å². The number of pyridine rings is 1. The average molecular weight is 406 g/mol. The zero-order valence-electron chi connectivity index (χ0n) is 17.8. The molecule has 0 saturated carbocycles. The van der Waals surface area contributed by atoms with Crippen LogP contribution in [0.4, 0.5) is 4.79 Å². The van der Waals surface area contributed by atoms with Gasteiger partial charge in [-0.25, -0.2) is 4.79 Å². The number of carbonyl (C=O) groups is 1. The van der Waals surface area contributed by atoms with Crippen molar-refractivity contribution in [3.8, 4) is 28.1 Å². The molecule has 0 N–H and O–H groups in total. The fraction of sp³-hybridized carbons (Fsp3) is 0.348. The molecule has 156 valence electrons. The number of aromatic nitrogens is 3. The Morgan fingerprint density at radius 2 is 1.70 bits per heavy atom. The molecule has 7 nitrogen and oxygen atoms in total. The molecular weight excluding hydrogens is 380 g/mol. The van der Waals surface area contributed by atoms with E-state index in [1.165, 1.54) is 0 Å². The van der Waals surface area contributed by atoms with Crippen LogP contribution >= 0.6 is 0 Å². The van der Waals surface area contributed by atoms with Gasteiger partial charge < -0.3 is 14.4 Å². The Kier molecular flexibility index (Phi) is 5.20. The van der Waals surface area contributed by atoms with Crippen molar-refractivity contribution in [1.82, 2.24) is 19.7 Å². The van der Waals surface area contributed by atoms with Gasteiger partial charge >= 0.3 is 6.09 Å². The van der Waals surface area contributed by atoms with E-state index in [0.717, 1.165) is 33.8 Å². The fourth-order valence-corrected chi connectivity index (χ4v) is 3.57. The fourth-order valence-electron chi connectivity index (χ4n) is 3.57. The Labute approximate surface area is 176 Å². The van der Waals surface area contributed by atoms with Gasteiger partial charge in [0.15, 0.2) is 0 Å². The van der Waals surface area contributed by atoms with Crippen molar-refractivity contribution >= 4 is 6.09 Å². The largest absolute Gasteiger partial charge is 0.497 e. The summed E-state index contributed by atoms with van der Waals surface area (Å²) in [5, 5.41) is 4.90. The van der Waals surface area contributed by atoms with Crippen molar-refractivity contribution in [3.63, 3.8) is 0 Å². The molecule has 1 aromatic carbocycles. The maximum absolute atomic E-state index is 12.7. The second kappa shape index (κ2) is 7.82. The lowest BCUT2D eigenvalue weighted by atomic mass is 9.99. The Morgan fingerprint density at radius 3 is 2.33 bits per heavy atom. The molecule has 3 aromatic rings. The van der Waals surface area contributed by atoms with Crippen LogP contribution in [-0.4, -0.2) is 45.0 Å². The lowest BCUT2D eigenvalue weighted by molar-refractivity contribution is 0.0195. The number of ether oxygens (including phenoxy) is 2. The number of carbonyl (C=O) groups excluding carboxylic acids is 1. The molecule has 1 aliphatic rings. The van der Waals surface area contributed by atoms with Crippen LogP contribution in [0, 0.1) is 0 Å². The summed E-state index contributed by atoms with van der Waals surface area (Å²) in [6.07, 6.45) is 3.23. The highest BCUT2D eigenvalue weighted by molar-refractivity contribution is 5.83. The number of benzene rings is 1. The topological polar surface area (TPSA) is 69.5 Å². The van der Waals surface area contributed by atoms with E-state index in [1.54, 1.807) is 24.4 Å². The second-order valence-electron chi connectivity index (χ2n) is 8.26. The number of hydrogen-bond acceptors (Lipinski definition) is 5. The van der Waals surface area contributed by atoms with Gasteiger partial charge in [0, 0.05) is 30.1 Å². The molecule has 0 aliphatic carbocycles. The van der Waals surface area contributed by atoms with E-state index in [0.29, 0.717) is 19.6 Å². The van der Waals surface area contributed by atoms with Crippen LogP contribution < -0.4 is 4.74 Å². The summed E-state index contributed by atoms with van der Waals surface area (Å²) < 4.78 is 12.9. The summed E-state index contributed by atoms with van der Waals surface area (Å²) in [6, 6.07) is 11.8. The van der Waals surface area contributed by atoms with Crippen molar-refractivity contribution in [2.24, 2.45) is 0 Å². The molecule has 0 bridgehead atoms. The molecule has 0 saturated heterocycles. The summed E-state index contributed by atoms with van der Waals surface area (Å²) in [6.45, 7) is 7.25. The Bertz CT molecular complexity index is 1040. The molecule has 2 aromatic heterocycles. The van der Waals surface area contributed by atoms with Crippen LogP contribution in [0.3, 0.4) is 0 Å². The summed E-state index contributed by atoms with van der Waals surface area (Å²) in [5.41, 5.74) is 4.36. The monoisotopic (exact) mass is 406 g/mol. The average Bonchev–Trinajstić information content (AvgIpc) is 3.12. The van der Waals surface area contributed by atoms with Crippen LogP contribution in [0.1, 0.15) is 26.5 Å². The molecule has 7 heteroatoms. The summed E-state index contributed by atoms with van der Waals surface area (Å²) in [4.78, 5) is 18.6. The SMILES string of the molecule is COc1ccc(-c2nn3c(c2-c2ccncc2)CN(C(=O)OC(C)(C)C)CC3)cc1. The van der Waals surface area contributed by atoms with Gasteiger partial charge in [-0.1, -0.05) is 0 Å². The highest BCUT2D eigenvalue weighted by Crippen LogP contribution is 2.37. The molecule has 0 radical (unpaired) electrons. The number of fused-ring (bicyclic) bond motifs is 1. The van der Waals surface area contributed by atoms with Crippen LogP contribution in [0.2, 0.25) is 0 Å². The molecule has 1 aliphatic heterocycles. The zero-order valence-corrected chi connectivity index (χ0v) is 17.8. The first-order valence-electron chi connectivity index (χ1n) is 9.98. The molecule has 1 amide bonds. The normalized spacial score (nSPS) is 13.7. The minimum absolute atomic E-state index is 0.304. The van der Waals surface area contributed by atoms with Gasteiger partial charge in [0.25, 0.3) is 0 Å². The molecule has 0 fully saturated rings.